The molecule has 0 amide bonds. The third kappa shape index (κ3) is 4.44. The predicted octanol–water partition coefficient (Wildman–Crippen LogP) is 0.909. The van der Waals surface area contributed by atoms with Crippen molar-refractivity contribution in [3.05, 3.63) is 34.0 Å². The third-order valence-corrected chi connectivity index (χ3v) is 6.96. The molecule has 4 N–H and O–H groups in total. The van der Waals surface area contributed by atoms with Crippen molar-refractivity contribution in [3.8, 4) is 22.7 Å². The van der Waals surface area contributed by atoms with Crippen LogP contribution < -0.4 is 0 Å². The molecule has 0 radical (unpaired) electrons. The van der Waals surface area contributed by atoms with E-state index in [2.05, 4.69) is 36.2 Å². The van der Waals surface area contributed by atoms with Gasteiger partial charge in [-0.25, -0.2) is 14.6 Å². The van der Waals surface area contributed by atoms with Gasteiger partial charge in [0.25, 0.3) is 5.19 Å². The molecule has 3 aromatic heterocycles. The van der Waals surface area contributed by atoms with Gasteiger partial charge >= 0.3 is 0 Å². The first-order valence-corrected chi connectivity index (χ1v) is 11.4. The van der Waals surface area contributed by atoms with Gasteiger partial charge in [-0.05, 0) is 22.0 Å². The molecule has 5 atom stereocenters. The standard InChI is InChI=1S/C17H15BrN6O5S2/c18-8-1-7(3-20-9(8)2-19)31-16-15(27)13(14(26)12(5-25)29-16)24-4-10(22-23-24)11-6-30-17(28)21-11/h1,3-4,6,12-16,25-27H,5H2,(H,21,28)/t12?,13-,14-,15?,16+/m0/s1. The first-order valence-electron chi connectivity index (χ1n) is 8.82. The molecule has 1 aliphatic heterocycles. The van der Waals surface area contributed by atoms with E-state index in [1.54, 1.807) is 11.4 Å². The molecule has 2 unspecified atom stereocenters. The molecule has 14 heteroatoms. The van der Waals surface area contributed by atoms with Crippen LogP contribution in [-0.2, 0) is 4.74 Å². The summed E-state index contributed by atoms with van der Waals surface area (Å²) in [6.45, 7) is -0.474. The summed E-state index contributed by atoms with van der Waals surface area (Å²) >= 11 is 5.44. The summed E-state index contributed by atoms with van der Waals surface area (Å²) in [4.78, 5) is 8.58. The number of thioether (sulfide) groups is 1. The number of aromatic nitrogens is 5. The SMILES string of the molecule is N#Cc1ncc(S[C@H]2OC(CO)[C@H](O)[C@H](n3cc(-c4csc(O)n4)nn3)C2O)cc1Br. The van der Waals surface area contributed by atoms with Crippen LogP contribution in [0.2, 0.25) is 0 Å². The minimum absolute atomic E-state index is 0.116. The second-order valence-corrected chi connectivity index (χ2v) is 9.39. The summed E-state index contributed by atoms with van der Waals surface area (Å²) in [5, 5.41) is 59.3. The first-order chi connectivity index (χ1) is 14.9. The lowest BCUT2D eigenvalue weighted by molar-refractivity contribution is -0.178. The Bertz CT molecular complexity index is 1120. The molecule has 0 saturated carbocycles. The van der Waals surface area contributed by atoms with E-state index in [9.17, 15) is 20.4 Å². The maximum Gasteiger partial charge on any atom is 0.271 e. The zero-order valence-corrected chi connectivity index (χ0v) is 18.7. The lowest BCUT2D eigenvalue weighted by Gasteiger charge is -2.41. The highest BCUT2D eigenvalue weighted by Gasteiger charge is 2.46. The maximum atomic E-state index is 11.0. The maximum absolute atomic E-state index is 11.0. The highest BCUT2D eigenvalue weighted by Crippen LogP contribution is 2.38. The fourth-order valence-corrected chi connectivity index (χ4v) is 5.30. The molecule has 1 fully saturated rings. The monoisotopic (exact) mass is 526 g/mol. The van der Waals surface area contributed by atoms with E-state index in [0.717, 1.165) is 23.1 Å². The van der Waals surface area contributed by atoms with Crippen LogP contribution in [0, 0.1) is 11.3 Å². The molecule has 0 spiro atoms. The average molecular weight is 527 g/mol. The predicted molar refractivity (Wildman–Crippen MR) is 112 cm³/mol. The second-order valence-electron chi connectivity index (χ2n) is 6.53. The zero-order valence-electron chi connectivity index (χ0n) is 15.5. The van der Waals surface area contributed by atoms with E-state index < -0.39 is 36.4 Å². The molecule has 3 aromatic rings. The number of aromatic hydroxyl groups is 1. The number of aliphatic hydroxyl groups is 3. The van der Waals surface area contributed by atoms with Gasteiger partial charge in [0.1, 0.15) is 47.2 Å². The van der Waals surface area contributed by atoms with Crippen LogP contribution in [-0.4, -0.2) is 75.7 Å². The molecule has 162 valence electrons. The van der Waals surface area contributed by atoms with Crippen LogP contribution in [0.25, 0.3) is 11.4 Å². The van der Waals surface area contributed by atoms with Crippen molar-refractivity contribution in [1.82, 2.24) is 25.0 Å². The fourth-order valence-electron chi connectivity index (χ4n) is 3.10. The minimum atomic E-state index is -1.26. The van der Waals surface area contributed by atoms with Crippen molar-refractivity contribution in [2.24, 2.45) is 0 Å². The Morgan fingerprint density at radius 2 is 2.13 bits per heavy atom. The van der Waals surface area contributed by atoms with E-state index >= 15 is 0 Å². The minimum Gasteiger partial charge on any atom is -0.486 e. The summed E-state index contributed by atoms with van der Waals surface area (Å²) in [6, 6.07) is 2.65. The quantitative estimate of drug-likeness (QED) is 0.372. The largest absolute Gasteiger partial charge is 0.486 e. The highest BCUT2D eigenvalue weighted by atomic mass is 79.9. The number of ether oxygens (including phenoxy) is 1. The van der Waals surface area contributed by atoms with Crippen LogP contribution in [0.4, 0.5) is 0 Å². The van der Waals surface area contributed by atoms with E-state index in [-0.39, 0.29) is 10.9 Å². The lowest BCUT2D eigenvalue weighted by atomic mass is 9.97. The Morgan fingerprint density at radius 3 is 2.77 bits per heavy atom. The Hall–Kier alpha value is -2.12. The van der Waals surface area contributed by atoms with Gasteiger partial charge in [-0.2, -0.15) is 5.26 Å². The number of nitriles is 1. The number of halogens is 1. The van der Waals surface area contributed by atoms with Gasteiger partial charge < -0.3 is 25.2 Å². The van der Waals surface area contributed by atoms with Gasteiger partial charge in [0.05, 0.1) is 17.3 Å². The van der Waals surface area contributed by atoms with E-state index in [4.69, 9.17) is 10.00 Å². The Balaban J connectivity index is 1.60. The number of pyridine rings is 1. The number of rotatable bonds is 5. The average Bonchev–Trinajstić information content (AvgIpc) is 3.39. The molecule has 0 bridgehead atoms. The summed E-state index contributed by atoms with van der Waals surface area (Å²) in [6.07, 6.45) is -0.499. The van der Waals surface area contributed by atoms with Crippen molar-refractivity contribution < 1.29 is 25.2 Å². The van der Waals surface area contributed by atoms with Gasteiger partial charge in [0.15, 0.2) is 5.69 Å². The number of thiazole rings is 1. The Labute approximate surface area is 192 Å². The van der Waals surface area contributed by atoms with Crippen LogP contribution in [0.15, 0.2) is 33.2 Å². The molecular formula is C17H15BrN6O5S2. The molecule has 1 saturated heterocycles. The van der Waals surface area contributed by atoms with E-state index in [1.807, 2.05) is 6.07 Å². The van der Waals surface area contributed by atoms with E-state index in [0.29, 0.717) is 20.8 Å². The topological polar surface area (TPSA) is 170 Å². The van der Waals surface area contributed by atoms with E-state index in [1.165, 1.54) is 17.1 Å². The second kappa shape index (κ2) is 9.17. The van der Waals surface area contributed by atoms with Crippen LogP contribution in [0.1, 0.15) is 11.7 Å². The van der Waals surface area contributed by atoms with Crippen LogP contribution in [0.5, 0.6) is 5.19 Å². The molecule has 1 aliphatic rings. The number of hydrogen-bond acceptors (Lipinski definition) is 12. The third-order valence-electron chi connectivity index (χ3n) is 4.59. The zero-order chi connectivity index (χ0) is 22.1. The molecule has 4 heterocycles. The van der Waals surface area contributed by atoms with Gasteiger partial charge in [-0.1, -0.05) is 28.3 Å². The summed E-state index contributed by atoms with van der Waals surface area (Å²) in [7, 11) is 0. The summed E-state index contributed by atoms with van der Waals surface area (Å²) < 4.78 is 7.50. The Kier molecular flexibility index (Phi) is 6.53. The van der Waals surface area contributed by atoms with Gasteiger partial charge in [-0.15, -0.1) is 5.10 Å². The molecule has 11 nitrogen and oxygen atoms in total. The van der Waals surface area contributed by atoms with Crippen molar-refractivity contribution >= 4 is 39.0 Å². The highest BCUT2D eigenvalue weighted by molar-refractivity contribution is 9.10. The number of hydrogen-bond donors (Lipinski definition) is 4. The van der Waals surface area contributed by atoms with Crippen molar-refractivity contribution in [3.63, 3.8) is 0 Å². The van der Waals surface area contributed by atoms with Gasteiger partial charge in [0.2, 0.25) is 0 Å². The molecule has 0 aromatic carbocycles. The van der Waals surface area contributed by atoms with Crippen molar-refractivity contribution in [1.29, 1.82) is 5.26 Å². The van der Waals surface area contributed by atoms with Crippen molar-refractivity contribution in [2.75, 3.05) is 6.61 Å². The first kappa shape index (κ1) is 22.1. The normalized spacial score (nSPS) is 26.0. The van der Waals surface area contributed by atoms with Crippen LogP contribution in [0.3, 0.4) is 0 Å². The summed E-state index contributed by atoms with van der Waals surface area (Å²) in [5.41, 5.74) is 0.109. The van der Waals surface area contributed by atoms with Crippen LogP contribution >= 0.6 is 39.0 Å². The molecule has 0 aliphatic carbocycles. The molecule has 31 heavy (non-hydrogen) atoms. The van der Waals surface area contributed by atoms with Gasteiger partial charge in [0, 0.05) is 16.5 Å². The lowest BCUT2D eigenvalue weighted by Crippen LogP contribution is -2.55. The molecule has 4 rings (SSSR count). The number of nitrogens with zero attached hydrogens (tertiary/aromatic N) is 6. The smallest absolute Gasteiger partial charge is 0.271 e. The van der Waals surface area contributed by atoms with Gasteiger partial charge in [-0.3, -0.25) is 0 Å². The fraction of sp³-hybridized carbons (Fsp3) is 0.353. The number of aliphatic hydroxyl groups excluding tert-OH is 3. The van der Waals surface area contributed by atoms with Crippen molar-refractivity contribution in [2.45, 2.75) is 34.7 Å². The summed E-state index contributed by atoms with van der Waals surface area (Å²) in [5.74, 6) is 0. The molecular weight excluding hydrogens is 512 g/mol. The Morgan fingerprint density at radius 1 is 1.32 bits per heavy atom.